The third kappa shape index (κ3) is 6.31. The summed E-state index contributed by atoms with van der Waals surface area (Å²) >= 11 is 0. The molecule has 1 saturated carbocycles. The lowest BCUT2D eigenvalue weighted by molar-refractivity contribution is -0.0412. The number of hydrazine groups is 1. The van der Waals surface area contributed by atoms with Crippen LogP contribution in [0.1, 0.15) is 50.2 Å². The number of hydrogen-bond donors (Lipinski definition) is 5. The monoisotopic (exact) mass is 535 g/mol. The quantitative estimate of drug-likeness (QED) is 0.337. The van der Waals surface area contributed by atoms with Crippen molar-refractivity contribution in [3.8, 4) is 0 Å². The highest BCUT2D eigenvalue weighted by molar-refractivity contribution is 5.76. The van der Waals surface area contributed by atoms with Crippen molar-refractivity contribution in [1.29, 1.82) is 0 Å². The zero-order valence-electron chi connectivity index (χ0n) is 23.0. The first kappa shape index (κ1) is 28.1. The second kappa shape index (κ2) is 12.8. The van der Waals surface area contributed by atoms with Crippen LogP contribution in [0.2, 0.25) is 0 Å². The van der Waals surface area contributed by atoms with E-state index >= 15 is 0 Å². The minimum absolute atomic E-state index is 0.0741. The molecule has 2 aliphatic heterocycles. The number of nitrogens with one attached hydrogen (secondary N) is 2. The van der Waals surface area contributed by atoms with E-state index < -0.39 is 24.3 Å². The molecule has 3 aliphatic rings. The Morgan fingerprint density at radius 1 is 0.872 bits per heavy atom. The summed E-state index contributed by atoms with van der Waals surface area (Å²) in [5.41, 5.74) is 14.9. The van der Waals surface area contributed by atoms with Crippen LogP contribution in [0.4, 0.5) is 4.79 Å². The first-order valence-electron chi connectivity index (χ1n) is 14.7. The summed E-state index contributed by atoms with van der Waals surface area (Å²) in [6, 6.07) is 19.2. The molecule has 0 spiro atoms. The van der Waals surface area contributed by atoms with Gasteiger partial charge in [-0.1, -0.05) is 74.0 Å². The van der Waals surface area contributed by atoms with Crippen molar-refractivity contribution in [2.45, 2.75) is 88.4 Å². The standard InChI is InChI=1S/C31H45N5O3/c1-2-3-16-35-26(18-21-10-6-4-7-11-21)28(37)29(38)27(19-22-12-8-5-9-13-22)36(31(35)39)20-23-14-15-25-24(17-23)30(32)34-33-25/h4-13,23-30,33-34,37-38H,2-3,14-20,32H2,1H3/t23?,24?,25?,26-,27-,28+,29+,30?/m1/s1. The van der Waals surface area contributed by atoms with Gasteiger partial charge in [0, 0.05) is 25.0 Å². The molecule has 1 aliphatic carbocycles. The van der Waals surface area contributed by atoms with Gasteiger partial charge in [-0.3, -0.25) is 5.43 Å². The second-order valence-corrected chi connectivity index (χ2v) is 11.7. The number of fused-ring (bicyclic) bond motifs is 1. The normalized spacial score (nSPS) is 33.2. The predicted octanol–water partition coefficient (Wildman–Crippen LogP) is 2.65. The van der Waals surface area contributed by atoms with Crippen molar-refractivity contribution in [2.24, 2.45) is 17.6 Å². The molecule has 8 heteroatoms. The fourth-order valence-corrected chi connectivity index (χ4v) is 6.88. The molecule has 0 radical (unpaired) electrons. The Labute approximate surface area is 232 Å². The maximum Gasteiger partial charge on any atom is 0.320 e. The molecule has 2 heterocycles. The number of hydrogen-bond acceptors (Lipinski definition) is 6. The van der Waals surface area contributed by atoms with Gasteiger partial charge in [0.2, 0.25) is 0 Å². The van der Waals surface area contributed by atoms with E-state index in [4.69, 9.17) is 5.73 Å². The zero-order chi connectivity index (χ0) is 27.4. The van der Waals surface area contributed by atoms with Gasteiger partial charge in [-0.05, 0) is 55.6 Å². The number of carbonyl (C=O) groups excluding carboxylic acids is 1. The number of carbonyl (C=O) groups is 1. The smallest absolute Gasteiger partial charge is 0.320 e. The Morgan fingerprint density at radius 3 is 2.05 bits per heavy atom. The van der Waals surface area contributed by atoms with Crippen LogP contribution in [0, 0.1) is 11.8 Å². The van der Waals surface area contributed by atoms with Gasteiger partial charge in [0.05, 0.1) is 18.2 Å². The largest absolute Gasteiger partial charge is 0.388 e. The molecular formula is C31H45N5O3. The molecule has 6 N–H and O–H groups in total. The van der Waals surface area contributed by atoms with Gasteiger partial charge in [0.1, 0.15) is 12.2 Å². The first-order valence-corrected chi connectivity index (χ1v) is 14.7. The summed E-state index contributed by atoms with van der Waals surface area (Å²) in [6.45, 7) is 3.22. The number of rotatable bonds is 9. The van der Waals surface area contributed by atoms with Crippen molar-refractivity contribution in [3.05, 3.63) is 71.8 Å². The van der Waals surface area contributed by atoms with E-state index in [1.165, 1.54) is 0 Å². The molecule has 3 fully saturated rings. The fourth-order valence-electron chi connectivity index (χ4n) is 6.88. The molecule has 8 nitrogen and oxygen atoms in total. The molecule has 5 rings (SSSR count). The van der Waals surface area contributed by atoms with Gasteiger partial charge < -0.3 is 25.7 Å². The number of nitrogens with two attached hydrogens (primary N) is 1. The summed E-state index contributed by atoms with van der Waals surface area (Å²) in [7, 11) is 0. The summed E-state index contributed by atoms with van der Waals surface area (Å²) < 4.78 is 0. The third-order valence-electron chi connectivity index (χ3n) is 9.12. The first-order chi connectivity index (χ1) is 19.0. The van der Waals surface area contributed by atoms with Gasteiger partial charge >= 0.3 is 6.03 Å². The molecule has 212 valence electrons. The SMILES string of the molecule is CCCCN1C(=O)N(CC2CCC3NNC(N)C3C2)[C@H](Cc2ccccc2)[C@H](O)[C@@H](O)[C@H]1Cc1ccccc1. The number of unbranched alkanes of at least 4 members (excludes halogenated alkanes) is 1. The number of aliphatic hydroxyl groups excluding tert-OH is 2. The van der Waals surface area contributed by atoms with Crippen molar-refractivity contribution in [2.75, 3.05) is 13.1 Å². The van der Waals surface area contributed by atoms with Crippen molar-refractivity contribution >= 4 is 6.03 Å². The molecule has 2 saturated heterocycles. The average Bonchev–Trinajstić information content (AvgIpc) is 3.31. The molecule has 2 amide bonds. The van der Waals surface area contributed by atoms with Crippen LogP contribution in [-0.4, -0.2) is 75.6 Å². The Bertz CT molecular complexity index is 1060. The maximum absolute atomic E-state index is 14.5. The average molecular weight is 536 g/mol. The van der Waals surface area contributed by atoms with E-state index in [0.29, 0.717) is 37.9 Å². The zero-order valence-corrected chi connectivity index (χ0v) is 23.0. The summed E-state index contributed by atoms with van der Waals surface area (Å²) in [5, 5.41) is 23.5. The van der Waals surface area contributed by atoms with Crippen LogP contribution in [0.15, 0.2) is 60.7 Å². The van der Waals surface area contributed by atoms with E-state index in [9.17, 15) is 15.0 Å². The number of nitrogens with zero attached hydrogens (tertiary/aromatic N) is 2. The summed E-state index contributed by atoms with van der Waals surface area (Å²) in [4.78, 5) is 18.2. The Balaban J connectivity index is 1.47. The molecule has 39 heavy (non-hydrogen) atoms. The van der Waals surface area contributed by atoms with E-state index in [1.54, 1.807) is 0 Å². The van der Waals surface area contributed by atoms with E-state index in [0.717, 1.165) is 43.2 Å². The number of urea groups is 1. The summed E-state index contributed by atoms with van der Waals surface area (Å²) in [5.74, 6) is 0.597. The van der Waals surface area contributed by atoms with Crippen LogP contribution in [-0.2, 0) is 12.8 Å². The third-order valence-corrected chi connectivity index (χ3v) is 9.12. The van der Waals surface area contributed by atoms with E-state index in [-0.39, 0.29) is 18.1 Å². The van der Waals surface area contributed by atoms with Crippen LogP contribution >= 0.6 is 0 Å². The van der Waals surface area contributed by atoms with Gasteiger partial charge in [-0.2, -0.15) is 0 Å². The van der Waals surface area contributed by atoms with Crippen molar-refractivity contribution in [3.63, 3.8) is 0 Å². The Kier molecular flexibility index (Phi) is 9.20. The van der Waals surface area contributed by atoms with Crippen molar-refractivity contribution in [1.82, 2.24) is 20.7 Å². The minimum Gasteiger partial charge on any atom is -0.388 e. The highest BCUT2D eigenvalue weighted by Crippen LogP contribution is 2.35. The molecule has 0 aromatic heterocycles. The molecular weight excluding hydrogens is 490 g/mol. The van der Waals surface area contributed by atoms with E-state index in [1.807, 2.05) is 70.5 Å². The second-order valence-electron chi connectivity index (χ2n) is 11.7. The highest BCUT2D eigenvalue weighted by Gasteiger charge is 2.47. The maximum atomic E-state index is 14.5. The molecule has 2 aromatic carbocycles. The number of benzene rings is 2. The predicted molar refractivity (Wildman–Crippen MR) is 152 cm³/mol. The lowest BCUT2D eigenvalue weighted by Crippen LogP contribution is -2.53. The molecule has 2 aromatic rings. The van der Waals surface area contributed by atoms with E-state index in [2.05, 4.69) is 17.8 Å². The minimum atomic E-state index is -1.07. The molecule has 8 atom stereocenters. The van der Waals surface area contributed by atoms with Crippen molar-refractivity contribution < 1.29 is 15.0 Å². The summed E-state index contributed by atoms with van der Waals surface area (Å²) in [6.07, 6.45) is 3.48. The molecule has 0 bridgehead atoms. The lowest BCUT2D eigenvalue weighted by Gasteiger charge is -2.40. The highest BCUT2D eigenvalue weighted by atomic mass is 16.3. The molecule has 4 unspecified atom stereocenters. The Hall–Kier alpha value is -2.49. The Morgan fingerprint density at radius 2 is 1.46 bits per heavy atom. The van der Waals surface area contributed by atoms with Crippen LogP contribution < -0.4 is 16.6 Å². The number of amides is 2. The van der Waals surface area contributed by atoms with Gasteiger partial charge in [0.15, 0.2) is 0 Å². The van der Waals surface area contributed by atoms with Gasteiger partial charge in [0.25, 0.3) is 0 Å². The lowest BCUT2D eigenvalue weighted by atomic mass is 9.77. The van der Waals surface area contributed by atoms with Gasteiger partial charge in [-0.25, -0.2) is 10.2 Å². The number of aliphatic hydroxyl groups is 2. The van der Waals surface area contributed by atoms with Crippen LogP contribution in [0.3, 0.4) is 0 Å². The van der Waals surface area contributed by atoms with Crippen LogP contribution in [0.25, 0.3) is 0 Å². The topological polar surface area (TPSA) is 114 Å². The fraction of sp³-hybridized carbons (Fsp3) is 0.581. The van der Waals surface area contributed by atoms with Gasteiger partial charge in [-0.15, -0.1) is 0 Å². The van der Waals surface area contributed by atoms with Crippen LogP contribution in [0.5, 0.6) is 0 Å².